The number of rotatable bonds is 8. The van der Waals surface area contributed by atoms with Gasteiger partial charge in [0.15, 0.2) is 5.96 Å². The molecule has 1 aromatic rings. The summed E-state index contributed by atoms with van der Waals surface area (Å²) in [5.74, 6) is 1.63. The molecule has 164 valence electrons. The average molecular weight is 514 g/mol. The third-order valence-electron chi connectivity index (χ3n) is 6.21. The molecule has 1 unspecified atom stereocenters. The predicted octanol–water partition coefficient (Wildman–Crippen LogP) is 3.98. The molecule has 1 aliphatic heterocycles. The van der Waals surface area contributed by atoms with Crippen molar-refractivity contribution in [2.75, 3.05) is 46.9 Å². The highest BCUT2D eigenvalue weighted by Gasteiger charge is 2.25. The summed E-state index contributed by atoms with van der Waals surface area (Å²) in [6.45, 7) is 5.68. The molecule has 29 heavy (non-hydrogen) atoms. The van der Waals surface area contributed by atoms with Crippen LogP contribution < -0.4 is 5.32 Å². The molecular formula is C23H39IN4O. The fourth-order valence-electron chi connectivity index (χ4n) is 4.46. The summed E-state index contributed by atoms with van der Waals surface area (Å²) < 4.78 is 5.95. The van der Waals surface area contributed by atoms with Crippen molar-refractivity contribution in [2.24, 2.45) is 10.9 Å². The van der Waals surface area contributed by atoms with Gasteiger partial charge in [-0.2, -0.15) is 0 Å². The largest absolute Gasteiger partial charge is 0.376 e. The smallest absolute Gasteiger partial charge is 0.193 e. The molecule has 0 bridgehead atoms. The number of likely N-dealkylation sites (tertiary alicyclic amines) is 1. The summed E-state index contributed by atoms with van der Waals surface area (Å²) in [7, 11) is 4.17. The van der Waals surface area contributed by atoms with Crippen LogP contribution in [0.15, 0.2) is 35.3 Å². The van der Waals surface area contributed by atoms with E-state index in [9.17, 15) is 0 Å². The van der Waals surface area contributed by atoms with E-state index in [1.54, 1.807) is 0 Å². The molecule has 1 N–H and O–H groups in total. The maximum Gasteiger partial charge on any atom is 0.193 e. The Bertz CT molecular complexity index is 592. The van der Waals surface area contributed by atoms with E-state index in [0.717, 1.165) is 44.8 Å². The zero-order valence-corrected chi connectivity index (χ0v) is 20.5. The first-order valence-electron chi connectivity index (χ1n) is 11.0. The van der Waals surface area contributed by atoms with E-state index in [-0.39, 0.29) is 24.0 Å². The zero-order valence-electron chi connectivity index (χ0n) is 18.2. The number of hydrogen-bond acceptors (Lipinski definition) is 3. The summed E-state index contributed by atoms with van der Waals surface area (Å²) in [4.78, 5) is 9.43. The van der Waals surface area contributed by atoms with Crippen LogP contribution in [0.5, 0.6) is 0 Å². The molecule has 6 heteroatoms. The van der Waals surface area contributed by atoms with E-state index < -0.39 is 0 Å². The Hall–Kier alpha value is -0.860. The van der Waals surface area contributed by atoms with E-state index in [0.29, 0.717) is 12.5 Å². The molecule has 1 aliphatic carbocycles. The quantitative estimate of drug-likeness (QED) is 0.324. The maximum absolute atomic E-state index is 5.95. The molecule has 2 fully saturated rings. The standard InChI is InChI=1S/C23H38N4O.HI/c1-24-23(25-14-16-26(2)22-11-7-4-8-12-22)27-15-13-21(17-27)19-28-18-20-9-5-3-6-10-20;/h3,5-6,9-10,21-22H,4,7-8,11-19H2,1-2H3,(H,24,25);1H. The highest BCUT2D eigenvalue weighted by molar-refractivity contribution is 14.0. The fourth-order valence-corrected chi connectivity index (χ4v) is 4.46. The number of nitrogens with one attached hydrogen (secondary N) is 1. The lowest BCUT2D eigenvalue weighted by Crippen LogP contribution is -2.44. The summed E-state index contributed by atoms with van der Waals surface area (Å²) in [5.41, 5.74) is 1.25. The van der Waals surface area contributed by atoms with Gasteiger partial charge in [-0.25, -0.2) is 0 Å². The van der Waals surface area contributed by atoms with Crippen LogP contribution in [-0.4, -0.2) is 68.7 Å². The second kappa shape index (κ2) is 13.4. The summed E-state index contributed by atoms with van der Waals surface area (Å²) >= 11 is 0. The van der Waals surface area contributed by atoms with Crippen molar-refractivity contribution in [2.45, 2.75) is 51.2 Å². The van der Waals surface area contributed by atoms with Gasteiger partial charge in [-0.3, -0.25) is 4.99 Å². The van der Waals surface area contributed by atoms with Gasteiger partial charge in [0, 0.05) is 45.2 Å². The Morgan fingerprint density at radius 2 is 1.93 bits per heavy atom. The molecule has 1 saturated carbocycles. The van der Waals surface area contributed by atoms with Crippen molar-refractivity contribution < 1.29 is 4.74 Å². The number of nitrogens with zero attached hydrogens (tertiary/aromatic N) is 3. The molecule has 5 nitrogen and oxygen atoms in total. The Balaban J connectivity index is 0.00000300. The highest BCUT2D eigenvalue weighted by atomic mass is 127. The lowest BCUT2D eigenvalue weighted by atomic mass is 9.94. The normalized spacial score (nSPS) is 20.7. The van der Waals surface area contributed by atoms with Crippen LogP contribution in [0, 0.1) is 5.92 Å². The van der Waals surface area contributed by atoms with E-state index in [2.05, 4.69) is 51.4 Å². The summed E-state index contributed by atoms with van der Waals surface area (Å²) in [6.07, 6.45) is 8.11. The monoisotopic (exact) mass is 514 g/mol. The third-order valence-corrected chi connectivity index (χ3v) is 6.21. The van der Waals surface area contributed by atoms with E-state index in [1.165, 1.54) is 44.1 Å². The Kier molecular flexibility index (Phi) is 11.3. The van der Waals surface area contributed by atoms with Gasteiger partial charge >= 0.3 is 0 Å². The lowest BCUT2D eigenvalue weighted by molar-refractivity contribution is 0.0906. The van der Waals surface area contributed by atoms with Crippen LogP contribution >= 0.6 is 24.0 Å². The number of ether oxygens (including phenoxy) is 1. The van der Waals surface area contributed by atoms with Crippen molar-refractivity contribution in [3.8, 4) is 0 Å². The molecule has 0 radical (unpaired) electrons. The molecule has 3 rings (SSSR count). The molecule has 0 aromatic heterocycles. The van der Waals surface area contributed by atoms with E-state index in [1.807, 2.05) is 13.1 Å². The maximum atomic E-state index is 5.95. The summed E-state index contributed by atoms with van der Waals surface area (Å²) in [5, 5.41) is 3.58. The highest BCUT2D eigenvalue weighted by Crippen LogP contribution is 2.21. The van der Waals surface area contributed by atoms with E-state index >= 15 is 0 Å². The first kappa shape index (κ1) is 24.4. The van der Waals surface area contributed by atoms with Crippen molar-refractivity contribution in [1.29, 1.82) is 0 Å². The molecule has 0 amide bonds. The molecule has 1 aromatic carbocycles. The van der Waals surface area contributed by atoms with Crippen LogP contribution in [0.1, 0.15) is 44.1 Å². The minimum absolute atomic E-state index is 0. The second-order valence-electron chi connectivity index (χ2n) is 8.35. The van der Waals surface area contributed by atoms with Gasteiger partial charge in [-0.15, -0.1) is 24.0 Å². The van der Waals surface area contributed by atoms with Gasteiger partial charge in [0.25, 0.3) is 0 Å². The lowest BCUT2D eigenvalue weighted by Gasteiger charge is -2.31. The second-order valence-corrected chi connectivity index (χ2v) is 8.35. The Morgan fingerprint density at radius 3 is 2.66 bits per heavy atom. The molecule has 0 spiro atoms. The van der Waals surface area contributed by atoms with E-state index in [4.69, 9.17) is 4.74 Å². The number of aliphatic imine (C=N–C) groups is 1. The SMILES string of the molecule is CN=C(NCCN(C)C1CCCCC1)N1CCC(COCc2ccccc2)C1.I. The Labute approximate surface area is 194 Å². The molecule has 1 heterocycles. The molecular weight excluding hydrogens is 475 g/mol. The number of likely N-dealkylation sites (N-methyl/N-ethyl adjacent to an activating group) is 1. The van der Waals surface area contributed by atoms with Crippen LogP contribution in [0.3, 0.4) is 0 Å². The van der Waals surface area contributed by atoms with Crippen molar-refractivity contribution in [3.63, 3.8) is 0 Å². The average Bonchev–Trinajstić information content (AvgIpc) is 3.21. The van der Waals surface area contributed by atoms with Gasteiger partial charge in [-0.1, -0.05) is 49.6 Å². The Morgan fingerprint density at radius 1 is 1.17 bits per heavy atom. The number of halogens is 1. The number of guanidine groups is 1. The minimum atomic E-state index is 0. The molecule has 1 atom stereocenters. The zero-order chi connectivity index (χ0) is 19.6. The van der Waals surface area contributed by atoms with Crippen LogP contribution in [0.4, 0.5) is 0 Å². The van der Waals surface area contributed by atoms with Gasteiger partial charge < -0.3 is 19.9 Å². The predicted molar refractivity (Wildman–Crippen MR) is 132 cm³/mol. The van der Waals surface area contributed by atoms with Crippen LogP contribution in [0.25, 0.3) is 0 Å². The van der Waals surface area contributed by atoms with Crippen LogP contribution in [0.2, 0.25) is 0 Å². The minimum Gasteiger partial charge on any atom is -0.376 e. The number of hydrogen-bond donors (Lipinski definition) is 1. The first-order chi connectivity index (χ1) is 13.8. The fraction of sp³-hybridized carbons (Fsp3) is 0.696. The summed E-state index contributed by atoms with van der Waals surface area (Å²) in [6, 6.07) is 11.2. The molecule has 1 saturated heterocycles. The van der Waals surface area contributed by atoms with Crippen LogP contribution in [-0.2, 0) is 11.3 Å². The molecule has 2 aliphatic rings. The first-order valence-corrected chi connectivity index (χ1v) is 11.0. The van der Waals surface area contributed by atoms with Gasteiger partial charge in [0.2, 0.25) is 0 Å². The van der Waals surface area contributed by atoms with Crippen molar-refractivity contribution >= 4 is 29.9 Å². The van der Waals surface area contributed by atoms with Gasteiger partial charge in [0.05, 0.1) is 13.2 Å². The van der Waals surface area contributed by atoms with Gasteiger partial charge in [-0.05, 0) is 31.9 Å². The topological polar surface area (TPSA) is 40.1 Å². The van der Waals surface area contributed by atoms with Crippen molar-refractivity contribution in [1.82, 2.24) is 15.1 Å². The number of benzene rings is 1. The van der Waals surface area contributed by atoms with Gasteiger partial charge in [0.1, 0.15) is 0 Å². The van der Waals surface area contributed by atoms with Crippen molar-refractivity contribution in [3.05, 3.63) is 35.9 Å². The third kappa shape index (κ3) is 8.06.